The standard InChI is InChI=1S/2C14H20N4O9.2C14H20N4O8/c2*15-3-6-10(23)9(12(25)17-6)7(20)1-14(13(26)27,2-8(21)22)18-11(24)5(16)4-19;2*1-5(16)11(23)18-14(13(25)26,3-8(20)21)2-7(19)9-10(22)6(4-15)17-12(9)24/h2*5-6,19,23H,1-4,15-16H2,(H,17,25)(H,18,24)(H,21,22)(H,26,27);5-6,22H,2-4,15-16H2,1H3,(H,17,24)(H,18,23)(H,20,21)(H,25,26);5-6,9H,2-4,15-16H2,1H3,(H,17,24)(H,18,23)(H,20,21)(H,25,26)/t3*5-,6-,14?;5-,6-,9?,14?/m0000/s1. The fourth-order valence-electron chi connectivity index (χ4n) is 9.69. The molecule has 37 N–H and O–H groups in total. The number of Topliss-reactive ketones (excluding diaryl/α,β-unsaturated/α-hetero) is 5. The molecule has 0 aromatic carbocycles. The van der Waals surface area contributed by atoms with Gasteiger partial charge in [0.2, 0.25) is 29.5 Å². The molecule has 0 spiro atoms. The fraction of sp³-hybridized carbons (Fsp3) is 0.518. The van der Waals surface area contributed by atoms with Crippen LogP contribution in [0.3, 0.4) is 0 Å². The highest BCUT2D eigenvalue weighted by Gasteiger charge is 2.54. The average Bonchev–Trinajstić information content (AvgIpc) is 1.31. The molecule has 4 aliphatic heterocycles. The van der Waals surface area contributed by atoms with Crippen LogP contribution in [0.5, 0.6) is 0 Å². The summed E-state index contributed by atoms with van der Waals surface area (Å²) in [6.07, 6.45) is -9.27. The molecule has 13 atom stereocenters. The van der Waals surface area contributed by atoms with Crippen molar-refractivity contribution in [2.24, 2.45) is 51.8 Å². The Morgan fingerprint density at radius 3 is 0.802 bits per heavy atom. The van der Waals surface area contributed by atoms with Crippen LogP contribution >= 0.6 is 0 Å². The molecule has 4 heterocycles. The van der Waals surface area contributed by atoms with Crippen LogP contribution in [0.15, 0.2) is 34.0 Å². The molecule has 106 heavy (non-hydrogen) atoms. The number of amides is 8. The molecule has 0 bridgehead atoms. The van der Waals surface area contributed by atoms with E-state index < -0.39 is 299 Å². The van der Waals surface area contributed by atoms with Crippen LogP contribution in [0.4, 0.5) is 0 Å². The highest BCUT2D eigenvalue weighted by atomic mass is 16.4. The van der Waals surface area contributed by atoms with Crippen molar-refractivity contribution >= 4 is 124 Å². The third kappa shape index (κ3) is 23.6. The molecule has 1 saturated heterocycles. The van der Waals surface area contributed by atoms with Gasteiger partial charge in [-0.1, -0.05) is 0 Å². The number of aliphatic hydroxyl groups is 5. The zero-order valence-corrected chi connectivity index (χ0v) is 55.6. The van der Waals surface area contributed by atoms with Crippen molar-refractivity contribution in [3.8, 4) is 0 Å². The van der Waals surface area contributed by atoms with Gasteiger partial charge in [-0.25, -0.2) is 19.2 Å². The fourth-order valence-corrected chi connectivity index (χ4v) is 9.69. The van der Waals surface area contributed by atoms with E-state index in [4.69, 9.17) is 76.5 Å². The molecule has 0 saturated carbocycles. The summed E-state index contributed by atoms with van der Waals surface area (Å²) in [7, 11) is 0. The molecule has 0 aromatic rings. The predicted octanol–water partition coefficient (Wildman–Crippen LogP) is -14.8. The second kappa shape index (κ2) is 39.1. The van der Waals surface area contributed by atoms with Gasteiger partial charge in [0.1, 0.15) is 52.1 Å². The molecule has 0 radical (unpaired) electrons. The molecule has 1 fully saturated rings. The summed E-state index contributed by atoms with van der Waals surface area (Å²) < 4.78 is 0. The molecule has 50 nitrogen and oxygen atoms in total. The van der Waals surface area contributed by atoms with Gasteiger partial charge >= 0.3 is 47.8 Å². The van der Waals surface area contributed by atoms with E-state index >= 15 is 0 Å². The summed E-state index contributed by atoms with van der Waals surface area (Å²) in [5, 5.41) is 138. The zero-order valence-electron chi connectivity index (χ0n) is 55.6. The van der Waals surface area contributed by atoms with Crippen LogP contribution in [0.25, 0.3) is 0 Å². The van der Waals surface area contributed by atoms with E-state index in [2.05, 4.69) is 21.3 Å². The number of hydrogen-bond donors (Lipinski definition) is 29. The lowest BCUT2D eigenvalue weighted by molar-refractivity contribution is -0.155. The van der Waals surface area contributed by atoms with Gasteiger partial charge in [0.15, 0.2) is 57.0 Å². The number of aliphatic carboxylic acids is 8. The molecular formula is C56H80N16O34. The van der Waals surface area contributed by atoms with E-state index in [-0.39, 0.29) is 26.2 Å². The van der Waals surface area contributed by atoms with Crippen molar-refractivity contribution < 1.29 is 167 Å². The third-order valence-corrected chi connectivity index (χ3v) is 15.3. The minimum atomic E-state index is -2.67. The molecule has 0 aromatic heterocycles. The summed E-state index contributed by atoms with van der Waals surface area (Å²) in [5.74, 6) is -31.9. The number of carboxylic acids is 8. The highest BCUT2D eigenvalue weighted by molar-refractivity contribution is 6.26. The van der Waals surface area contributed by atoms with Crippen LogP contribution in [0.1, 0.15) is 65.2 Å². The predicted molar refractivity (Wildman–Crippen MR) is 340 cm³/mol. The van der Waals surface area contributed by atoms with Gasteiger partial charge in [-0.2, -0.15) is 0 Å². The summed E-state index contributed by atoms with van der Waals surface area (Å²) in [6.45, 7) is -0.223. The van der Waals surface area contributed by atoms with Gasteiger partial charge in [-0.05, 0) is 13.8 Å². The lowest BCUT2D eigenvalue weighted by atomic mass is 9.83. The highest BCUT2D eigenvalue weighted by Crippen LogP contribution is 2.29. The second-order valence-corrected chi connectivity index (χ2v) is 23.6. The quantitative estimate of drug-likeness (QED) is 0.0202. The van der Waals surface area contributed by atoms with E-state index in [1.165, 1.54) is 13.8 Å². The smallest absolute Gasteiger partial charge is 0.330 e. The molecule has 588 valence electrons. The first-order chi connectivity index (χ1) is 48.9. The number of nitrogens with one attached hydrogen (secondary N) is 8. The number of nitrogens with two attached hydrogens (primary N) is 8. The van der Waals surface area contributed by atoms with Crippen molar-refractivity contribution in [3.05, 3.63) is 34.0 Å². The van der Waals surface area contributed by atoms with Gasteiger partial charge in [0.25, 0.3) is 17.7 Å². The van der Waals surface area contributed by atoms with Gasteiger partial charge in [0.05, 0.1) is 69.1 Å². The van der Waals surface area contributed by atoms with Crippen LogP contribution < -0.4 is 88.4 Å². The van der Waals surface area contributed by atoms with Crippen molar-refractivity contribution in [2.75, 3.05) is 39.4 Å². The number of carbonyl (C=O) groups is 21. The average molecular weight is 1520 g/mol. The summed E-state index contributed by atoms with van der Waals surface area (Å²) >= 11 is 0. The Kier molecular flexibility index (Phi) is 34.0. The summed E-state index contributed by atoms with van der Waals surface area (Å²) in [4.78, 5) is 248. The Morgan fingerprint density at radius 2 is 0.613 bits per heavy atom. The van der Waals surface area contributed by atoms with Crippen LogP contribution in [0.2, 0.25) is 0 Å². The van der Waals surface area contributed by atoms with Gasteiger partial charge < -0.3 is 155 Å². The SMILES string of the molecule is C[C@H](N)C(=O)NC(CC(=O)O)(CC(=O)C1=C(O)[C@H](CN)NC1=O)C(=O)O.C[C@H](N)C(=O)NC(CC(=O)O)(CC(=O)C1C(=O)N[C@@H](CN)C1=O)C(=O)O.NC[C@@H]1NC(=O)C(C(=O)CC(CC(=O)O)(NC(=O)[C@@H](N)CO)C(=O)O)=C1O.NC[C@@H]1NC(=O)C(C(=O)CC(CC(=O)O)(NC(=O)[C@@H](N)CO)C(=O)O)=C1O. The number of carbonyl (C=O) groups excluding carboxylic acids is 13. The topological polar surface area (TPSA) is 926 Å². The molecule has 5 unspecified atom stereocenters. The number of rotatable bonds is 38. The maximum atomic E-state index is 12.4. The molecule has 4 rings (SSSR count). The minimum absolute atomic E-state index is 0.213. The first-order valence-corrected chi connectivity index (χ1v) is 30.2. The van der Waals surface area contributed by atoms with E-state index in [9.17, 15) is 136 Å². The lowest BCUT2D eigenvalue weighted by Crippen LogP contribution is -2.60. The largest absolute Gasteiger partial charge is 0.509 e. The minimum Gasteiger partial charge on any atom is -0.509 e. The Morgan fingerprint density at radius 1 is 0.377 bits per heavy atom. The Balaban J connectivity index is 0.000000707. The van der Waals surface area contributed by atoms with E-state index in [0.29, 0.717) is 0 Å². The van der Waals surface area contributed by atoms with Crippen molar-refractivity contribution in [1.82, 2.24) is 42.5 Å². The van der Waals surface area contributed by atoms with Gasteiger partial charge in [-0.15, -0.1) is 0 Å². The number of carboxylic acid groups (broad SMARTS) is 8. The van der Waals surface area contributed by atoms with Gasteiger partial charge in [0, 0.05) is 51.9 Å². The number of aliphatic hydroxyl groups excluding tert-OH is 5. The second-order valence-electron chi connectivity index (χ2n) is 23.6. The first-order valence-electron chi connectivity index (χ1n) is 30.2. The summed E-state index contributed by atoms with van der Waals surface area (Å²) in [6, 6.07) is -9.71. The summed E-state index contributed by atoms with van der Waals surface area (Å²) in [5.41, 5.74) is 29.8. The van der Waals surface area contributed by atoms with E-state index in [1.807, 2.05) is 21.3 Å². The van der Waals surface area contributed by atoms with Crippen molar-refractivity contribution in [1.29, 1.82) is 0 Å². The monoisotopic (exact) mass is 1520 g/mol. The third-order valence-electron chi connectivity index (χ3n) is 15.3. The molecule has 8 amide bonds. The Bertz CT molecular complexity index is 3570. The normalized spacial score (nSPS) is 20.6. The molecular weight excluding hydrogens is 1440 g/mol. The maximum absolute atomic E-state index is 12.4. The number of ketones is 5. The molecule has 0 aliphatic carbocycles. The lowest BCUT2D eigenvalue weighted by Gasteiger charge is -2.29. The van der Waals surface area contributed by atoms with E-state index in [0.717, 1.165) is 0 Å². The van der Waals surface area contributed by atoms with E-state index in [1.54, 1.807) is 0 Å². The number of hydrogen-bond acceptors (Lipinski definition) is 34. The van der Waals surface area contributed by atoms with Crippen LogP contribution in [-0.2, 0) is 101 Å². The molecule has 50 heteroatoms. The maximum Gasteiger partial charge on any atom is 0.330 e. The molecule has 4 aliphatic rings. The van der Waals surface area contributed by atoms with Crippen molar-refractivity contribution in [2.45, 2.75) is 136 Å². The zero-order chi connectivity index (χ0) is 82.3. The first kappa shape index (κ1) is 92.1. The Hall–Kier alpha value is -11.9. The Labute approximate surface area is 593 Å². The van der Waals surface area contributed by atoms with Crippen LogP contribution in [-0.4, -0.2) is 300 Å². The van der Waals surface area contributed by atoms with Gasteiger partial charge in [-0.3, -0.25) is 81.5 Å². The van der Waals surface area contributed by atoms with Crippen LogP contribution in [0, 0.1) is 5.92 Å². The van der Waals surface area contributed by atoms with Crippen molar-refractivity contribution in [3.63, 3.8) is 0 Å².